The van der Waals surface area contributed by atoms with Crippen LogP contribution in [0.5, 0.6) is 0 Å². The van der Waals surface area contributed by atoms with Crippen LogP contribution in [-0.2, 0) is 9.59 Å². The molecule has 110 valence electrons. The highest BCUT2D eigenvalue weighted by atomic mass is 16.2. The molecule has 0 amide bonds. The number of allylic oxidation sites excluding steroid dienone is 2. The maximum absolute atomic E-state index is 12.7. The van der Waals surface area contributed by atoms with Crippen LogP contribution in [0.2, 0.25) is 0 Å². The van der Waals surface area contributed by atoms with Crippen LogP contribution in [0.3, 0.4) is 0 Å². The summed E-state index contributed by atoms with van der Waals surface area (Å²) in [6, 6.07) is 8.55. The molecular weight excluding hydrogens is 264 g/mol. The summed E-state index contributed by atoms with van der Waals surface area (Å²) in [4.78, 5) is 37.8. The van der Waals surface area contributed by atoms with Gasteiger partial charge in [-0.25, -0.2) is 0 Å². The van der Waals surface area contributed by atoms with Crippen molar-refractivity contribution in [2.24, 2.45) is 11.3 Å². The third kappa shape index (κ3) is 2.37. The molecule has 21 heavy (non-hydrogen) atoms. The van der Waals surface area contributed by atoms with Crippen LogP contribution in [-0.4, -0.2) is 17.3 Å². The highest BCUT2D eigenvalue weighted by Gasteiger charge is 2.48. The summed E-state index contributed by atoms with van der Waals surface area (Å²) >= 11 is 0. The number of carbonyl (C=O) groups is 3. The molecular formula is C18H20O3. The number of hydrogen-bond acceptors (Lipinski definition) is 3. The molecule has 0 bridgehead atoms. The summed E-state index contributed by atoms with van der Waals surface area (Å²) in [5, 5.41) is 0. The van der Waals surface area contributed by atoms with E-state index >= 15 is 0 Å². The molecule has 1 aliphatic carbocycles. The largest absolute Gasteiger partial charge is 0.297 e. The minimum atomic E-state index is -1.20. The average molecular weight is 284 g/mol. The molecule has 0 radical (unpaired) electrons. The monoisotopic (exact) mass is 284 g/mol. The number of carbonyl (C=O) groups excluding carboxylic acids is 3. The molecule has 0 N–H and O–H groups in total. The Labute approximate surface area is 125 Å². The quantitative estimate of drug-likeness (QED) is 0.631. The highest BCUT2D eigenvalue weighted by Crippen LogP contribution is 2.41. The molecule has 1 unspecified atom stereocenters. The first-order valence-electron chi connectivity index (χ1n) is 7.20. The van der Waals surface area contributed by atoms with E-state index in [4.69, 9.17) is 0 Å². The standard InChI is InChI=1S/C18H20O3/c1-5-13-11(2)15(19)14(17(21)18(13,3)4)16(20)12-9-7-6-8-10-12/h6-10,14H,5H2,1-4H3. The molecule has 0 fully saturated rings. The summed E-state index contributed by atoms with van der Waals surface area (Å²) in [7, 11) is 0. The first-order valence-corrected chi connectivity index (χ1v) is 7.20. The van der Waals surface area contributed by atoms with E-state index in [1.54, 1.807) is 51.1 Å². The Balaban J connectivity index is 2.52. The fourth-order valence-electron chi connectivity index (χ4n) is 3.18. The highest BCUT2D eigenvalue weighted by molar-refractivity contribution is 6.31. The predicted octanol–water partition coefficient (Wildman–Crippen LogP) is 3.39. The molecule has 0 spiro atoms. The van der Waals surface area contributed by atoms with Gasteiger partial charge in [-0.05, 0) is 32.8 Å². The topological polar surface area (TPSA) is 51.2 Å². The first kappa shape index (κ1) is 15.4. The molecule has 1 aromatic carbocycles. The summed E-state index contributed by atoms with van der Waals surface area (Å²) in [6.45, 7) is 7.26. The molecule has 0 aliphatic heterocycles. The molecule has 0 saturated heterocycles. The Bertz CT molecular complexity index is 636. The van der Waals surface area contributed by atoms with Gasteiger partial charge in [0.05, 0.1) is 0 Å². The lowest BCUT2D eigenvalue weighted by molar-refractivity contribution is -0.135. The summed E-state index contributed by atoms with van der Waals surface area (Å²) in [5.41, 5.74) is 1.06. The number of hydrogen-bond donors (Lipinski definition) is 0. The van der Waals surface area contributed by atoms with E-state index in [1.807, 2.05) is 6.92 Å². The van der Waals surface area contributed by atoms with E-state index in [0.717, 1.165) is 5.57 Å². The van der Waals surface area contributed by atoms with Crippen LogP contribution in [0.1, 0.15) is 44.5 Å². The van der Waals surface area contributed by atoms with Crippen molar-refractivity contribution in [3.63, 3.8) is 0 Å². The maximum Gasteiger partial charge on any atom is 0.181 e. The molecule has 3 nitrogen and oxygen atoms in total. The molecule has 0 heterocycles. The maximum atomic E-state index is 12.7. The lowest BCUT2D eigenvalue weighted by Crippen LogP contribution is -2.46. The SMILES string of the molecule is CCC1=C(C)C(=O)C(C(=O)c2ccccc2)C(=O)C1(C)C. The summed E-state index contributed by atoms with van der Waals surface area (Å²) in [5.74, 6) is -2.22. The van der Waals surface area contributed by atoms with E-state index in [0.29, 0.717) is 17.6 Å². The zero-order valence-corrected chi connectivity index (χ0v) is 12.9. The molecule has 1 aromatic rings. The lowest BCUT2D eigenvalue weighted by Gasteiger charge is -2.35. The summed E-state index contributed by atoms with van der Waals surface area (Å²) in [6.07, 6.45) is 0.641. The van der Waals surface area contributed by atoms with E-state index in [1.165, 1.54) is 0 Å². The van der Waals surface area contributed by atoms with Gasteiger partial charge in [-0.1, -0.05) is 42.8 Å². The van der Waals surface area contributed by atoms with Crippen LogP contribution in [0.4, 0.5) is 0 Å². The third-order valence-corrected chi connectivity index (χ3v) is 4.39. The number of Topliss-reactive ketones (excluding diaryl/α,β-unsaturated/α-hetero) is 3. The smallest absolute Gasteiger partial charge is 0.181 e. The van der Waals surface area contributed by atoms with Gasteiger partial charge in [0.25, 0.3) is 0 Å². The summed E-state index contributed by atoms with van der Waals surface area (Å²) < 4.78 is 0. The van der Waals surface area contributed by atoms with Crippen LogP contribution in [0.15, 0.2) is 41.5 Å². The molecule has 3 heteroatoms. The molecule has 1 aliphatic rings. The van der Waals surface area contributed by atoms with Crippen molar-refractivity contribution in [3.8, 4) is 0 Å². The minimum Gasteiger partial charge on any atom is -0.297 e. The van der Waals surface area contributed by atoms with Crippen molar-refractivity contribution < 1.29 is 14.4 Å². The Kier molecular flexibility index (Phi) is 3.95. The van der Waals surface area contributed by atoms with Crippen LogP contribution >= 0.6 is 0 Å². The van der Waals surface area contributed by atoms with E-state index in [9.17, 15) is 14.4 Å². The van der Waals surface area contributed by atoms with Crippen molar-refractivity contribution >= 4 is 17.3 Å². The van der Waals surface area contributed by atoms with Gasteiger partial charge in [0.1, 0.15) is 5.92 Å². The Morgan fingerprint density at radius 2 is 1.71 bits per heavy atom. The van der Waals surface area contributed by atoms with Gasteiger partial charge in [0, 0.05) is 11.0 Å². The zero-order valence-electron chi connectivity index (χ0n) is 12.9. The minimum absolute atomic E-state index is 0.288. The van der Waals surface area contributed by atoms with Gasteiger partial charge in [-0.15, -0.1) is 0 Å². The van der Waals surface area contributed by atoms with E-state index in [2.05, 4.69) is 0 Å². The Morgan fingerprint density at radius 1 is 1.14 bits per heavy atom. The number of ketones is 3. The fraction of sp³-hybridized carbons (Fsp3) is 0.389. The zero-order chi connectivity index (χ0) is 15.8. The Morgan fingerprint density at radius 3 is 2.24 bits per heavy atom. The van der Waals surface area contributed by atoms with Gasteiger partial charge in [0.15, 0.2) is 17.3 Å². The van der Waals surface area contributed by atoms with Gasteiger partial charge in [-0.3, -0.25) is 14.4 Å². The fourth-order valence-corrected chi connectivity index (χ4v) is 3.18. The van der Waals surface area contributed by atoms with Gasteiger partial charge < -0.3 is 0 Å². The Hall–Kier alpha value is -2.03. The van der Waals surface area contributed by atoms with Crippen LogP contribution < -0.4 is 0 Å². The van der Waals surface area contributed by atoms with Crippen molar-refractivity contribution in [1.82, 2.24) is 0 Å². The second-order valence-electron chi connectivity index (χ2n) is 5.97. The molecule has 2 rings (SSSR count). The van der Waals surface area contributed by atoms with Gasteiger partial charge >= 0.3 is 0 Å². The molecule has 0 aromatic heterocycles. The van der Waals surface area contributed by atoms with E-state index < -0.39 is 17.1 Å². The average Bonchev–Trinajstić information content (AvgIpc) is 2.47. The van der Waals surface area contributed by atoms with Crippen molar-refractivity contribution in [3.05, 3.63) is 47.0 Å². The number of benzene rings is 1. The van der Waals surface area contributed by atoms with Crippen LogP contribution in [0, 0.1) is 11.3 Å². The van der Waals surface area contributed by atoms with E-state index in [-0.39, 0.29) is 11.6 Å². The number of rotatable bonds is 3. The van der Waals surface area contributed by atoms with Crippen molar-refractivity contribution in [2.45, 2.75) is 34.1 Å². The van der Waals surface area contributed by atoms with Crippen molar-refractivity contribution in [1.29, 1.82) is 0 Å². The molecule has 0 saturated carbocycles. The van der Waals surface area contributed by atoms with Gasteiger partial charge in [-0.2, -0.15) is 0 Å². The lowest BCUT2D eigenvalue weighted by atomic mass is 9.64. The normalized spacial score (nSPS) is 21.6. The van der Waals surface area contributed by atoms with Crippen LogP contribution in [0.25, 0.3) is 0 Å². The predicted molar refractivity (Wildman–Crippen MR) is 81.0 cm³/mol. The molecule has 1 atom stereocenters. The second-order valence-corrected chi connectivity index (χ2v) is 5.97. The third-order valence-electron chi connectivity index (χ3n) is 4.39. The first-order chi connectivity index (χ1) is 9.82. The van der Waals surface area contributed by atoms with Gasteiger partial charge in [0.2, 0.25) is 0 Å². The second kappa shape index (κ2) is 5.40. The van der Waals surface area contributed by atoms with Crippen molar-refractivity contribution in [2.75, 3.05) is 0 Å².